The first kappa shape index (κ1) is 62.1. The molecule has 0 aromatic heterocycles. The van der Waals surface area contributed by atoms with E-state index in [0.29, 0.717) is 19.3 Å². The Kier molecular flexibility index (Phi) is 51.3. The topological polar surface area (TPSA) is 78.9 Å². The normalized spacial score (nSPS) is 12.5. The summed E-state index contributed by atoms with van der Waals surface area (Å²) < 4.78 is 16.8. The predicted molar refractivity (Wildman–Crippen MR) is 279 cm³/mol. The quantitative estimate of drug-likeness (QED) is 0.0262. The third-order valence-corrected chi connectivity index (χ3v) is 12.0. The van der Waals surface area contributed by atoms with E-state index in [9.17, 15) is 14.4 Å². The second-order valence-corrected chi connectivity index (χ2v) is 18.5. The highest BCUT2D eigenvalue weighted by molar-refractivity contribution is 5.71. The number of carbonyl (C=O) groups is 3. The average molecular weight is 909 g/mol. The zero-order valence-corrected chi connectivity index (χ0v) is 43.0. The number of hydrogen-bond acceptors (Lipinski definition) is 6. The van der Waals surface area contributed by atoms with Gasteiger partial charge < -0.3 is 14.2 Å². The van der Waals surface area contributed by atoms with E-state index >= 15 is 0 Å². The molecule has 0 saturated carbocycles. The van der Waals surface area contributed by atoms with Gasteiger partial charge in [-0.1, -0.05) is 255 Å². The molecule has 0 aliphatic heterocycles. The van der Waals surface area contributed by atoms with Crippen molar-refractivity contribution in [3.63, 3.8) is 0 Å². The highest BCUT2D eigenvalue weighted by Crippen LogP contribution is 2.16. The number of carbonyl (C=O) groups excluding carboxylic acids is 3. The van der Waals surface area contributed by atoms with E-state index in [1.807, 2.05) is 0 Å². The van der Waals surface area contributed by atoms with Gasteiger partial charge >= 0.3 is 17.9 Å². The maximum atomic E-state index is 12.8. The molecule has 376 valence electrons. The fourth-order valence-electron chi connectivity index (χ4n) is 7.88. The number of ether oxygens (including phenoxy) is 3. The van der Waals surface area contributed by atoms with Crippen molar-refractivity contribution >= 4 is 17.9 Å². The Morgan fingerprint density at radius 1 is 0.323 bits per heavy atom. The summed E-state index contributed by atoms with van der Waals surface area (Å²) in [5, 5.41) is 0. The Morgan fingerprint density at radius 3 is 0.938 bits per heavy atom. The van der Waals surface area contributed by atoms with Gasteiger partial charge in [-0.05, 0) is 64.2 Å². The van der Waals surface area contributed by atoms with E-state index in [0.717, 1.165) is 96.3 Å². The lowest BCUT2D eigenvalue weighted by atomic mass is 10.0. The molecule has 0 rings (SSSR count). The fraction of sp³-hybridized carbons (Fsp3) is 0.780. The van der Waals surface area contributed by atoms with Crippen LogP contribution in [0, 0.1) is 0 Å². The van der Waals surface area contributed by atoms with Gasteiger partial charge in [0.1, 0.15) is 13.2 Å². The van der Waals surface area contributed by atoms with Crippen molar-refractivity contribution in [3.8, 4) is 0 Å². The van der Waals surface area contributed by atoms with Gasteiger partial charge in [-0.2, -0.15) is 0 Å². The Balaban J connectivity index is 4.33. The van der Waals surface area contributed by atoms with Gasteiger partial charge in [-0.3, -0.25) is 14.4 Å². The average Bonchev–Trinajstić information content (AvgIpc) is 3.30. The highest BCUT2D eigenvalue weighted by Gasteiger charge is 2.19. The first-order chi connectivity index (χ1) is 32.0. The van der Waals surface area contributed by atoms with E-state index in [2.05, 4.69) is 81.5 Å². The minimum absolute atomic E-state index is 0.0816. The maximum absolute atomic E-state index is 12.8. The van der Waals surface area contributed by atoms with Crippen LogP contribution >= 0.6 is 0 Å². The lowest BCUT2D eigenvalue weighted by Crippen LogP contribution is -2.30. The molecule has 0 radical (unpaired) electrons. The molecule has 1 unspecified atom stereocenters. The van der Waals surface area contributed by atoms with Gasteiger partial charge in [0.2, 0.25) is 0 Å². The molecule has 1 atom stereocenters. The van der Waals surface area contributed by atoms with Crippen molar-refractivity contribution < 1.29 is 28.6 Å². The van der Waals surface area contributed by atoms with Crippen LogP contribution in [0.5, 0.6) is 0 Å². The minimum atomic E-state index is -0.783. The minimum Gasteiger partial charge on any atom is -0.462 e. The first-order valence-electron chi connectivity index (χ1n) is 27.8. The second kappa shape index (κ2) is 53.7. The van der Waals surface area contributed by atoms with E-state index in [1.54, 1.807) is 0 Å². The number of allylic oxidation sites excluding steroid dienone is 10. The van der Waals surface area contributed by atoms with Gasteiger partial charge in [0.05, 0.1) is 0 Å². The largest absolute Gasteiger partial charge is 0.462 e. The first-order valence-corrected chi connectivity index (χ1v) is 27.8. The van der Waals surface area contributed by atoms with Crippen molar-refractivity contribution in [1.29, 1.82) is 0 Å². The number of hydrogen-bond donors (Lipinski definition) is 0. The molecule has 0 aromatic carbocycles. The van der Waals surface area contributed by atoms with Crippen LogP contribution in [0.3, 0.4) is 0 Å². The fourth-order valence-corrected chi connectivity index (χ4v) is 7.88. The van der Waals surface area contributed by atoms with Crippen molar-refractivity contribution in [3.05, 3.63) is 60.8 Å². The van der Waals surface area contributed by atoms with Gasteiger partial charge in [0.15, 0.2) is 6.10 Å². The smallest absolute Gasteiger partial charge is 0.306 e. The zero-order chi connectivity index (χ0) is 47.2. The molecule has 0 amide bonds. The molecular weight excluding hydrogens is 805 g/mol. The molecular formula is C59H104O6. The lowest BCUT2D eigenvalue weighted by Gasteiger charge is -2.18. The van der Waals surface area contributed by atoms with Crippen LogP contribution in [0.4, 0.5) is 0 Å². The van der Waals surface area contributed by atoms with Crippen LogP contribution in [0.1, 0.15) is 278 Å². The van der Waals surface area contributed by atoms with E-state index in [1.165, 1.54) is 141 Å². The van der Waals surface area contributed by atoms with Gasteiger partial charge in [-0.15, -0.1) is 0 Å². The standard InChI is InChI=1S/C59H104O6/c1-4-7-10-13-16-19-21-23-25-27-29-31-33-35-37-40-43-46-49-52-58(61)64-55-56(54-63-57(60)51-48-45-42-39-18-15-12-9-6-3)65-59(62)53-50-47-44-41-38-36-34-32-30-28-26-24-22-20-17-14-11-8-5-2/h7,10,16,19,23,25,29,31,35,37,56H,4-6,8-9,11-15,17-18,20-22,24,26-28,30,32-34,36,38-55H2,1-3H3/b10-7-,19-16-,25-23-,31-29-,37-35-. The molecule has 0 N–H and O–H groups in total. The summed E-state index contributed by atoms with van der Waals surface area (Å²) in [5.41, 5.74) is 0. The highest BCUT2D eigenvalue weighted by atomic mass is 16.6. The maximum Gasteiger partial charge on any atom is 0.306 e. The summed E-state index contributed by atoms with van der Waals surface area (Å²) in [7, 11) is 0. The van der Waals surface area contributed by atoms with Crippen LogP contribution in [0.2, 0.25) is 0 Å². The predicted octanol–water partition coefficient (Wildman–Crippen LogP) is 18.4. The molecule has 6 heteroatoms. The van der Waals surface area contributed by atoms with Crippen molar-refractivity contribution in [2.24, 2.45) is 0 Å². The van der Waals surface area contributed by atoms with E-state index in [-0.39, 0.29) is 31.1 Å². The Labute approximate surface area is 402 Å². The lowest BCUT2D eigenvalue weighted by molar-refractivity contribution is -0.167. The van der Waals surface area contributed by atoms with Crippen LogP contribution in [0.15, 0.2) is 60.8 Å². The Hall–Kier alpha value is -2.89. The van der Waals surface area contributed by atoms with Gasteiger partial charge in [0.25, 0.3) is 0 Å². The zero-order valence-electron chi connectivity index (χ0n) is 43.0. The van der Waals surface area contributed by atoms with Crippen LogP contribution < -0.4 is 0 Å². The van der Waals surface area contributed by atoms with Crippen LogP contribution in [0.25, 0.3) is 0 Å². The molecule has 65 heavy (non-hydrogen) atoms. The summed E-state index contributed by atoms with van der Waals surface area (Å²) in [5.74, 6) is -0.907. The molecule has 0 fully saturated rings. The van der Waals surface area contributed by atoms with Crippen molar-refractivity contribution in [1.82, 2.24) is 0 Å². The third-order valence-electron chi connectivity index (χ3n) is 12.0. The van der Waals surface area contributed by atoms with Crippen LogP contribution in [-0.2, 0) is 28.6 Å². The van der Waals surface area contributed by atoms with Gasteiger partial charge in [0, 0.05) is 19.3 Å². The van der Waals surface area contributed by atoms with Crippen LogP contribution in [-0.4, -0.2) is 37.2 Å². The Bertz CT molecular complexity index is 1180. The molecule has 0 aliphatic carbocycles. The second-order valence-electron chi connectivity index (χ2n) is 18.5. The van der Waals surface area contributed by atoms with Crippen molar-refractivity contribution in [2.75, 3.05) is 13.2 Å². The summed E-state index contributed by atoms with van der Waals surface area (Å²) in [6.45, 7) is 6.50. The van der Waals surface area contributed by atoms with Crippen molar-refractivity contribution in [2.45, 2.75) is 284 Å². The summed E-state index contributed by atoms with van der Waals surface area (Å²) in [6, 6.07) is 0. The van der Waals surface area contributed by atoms with Gasteiger partial charge in [-0.25, -0.2) is 0 Å². The van der Waals surface area contributed by atoms with E-state index in [4.69, 9.17) is 14.2 Å². The molecule has 6 nitrogen and oxygen atoms in total. The molecule has 0 aliphatic rings. The van der Waals surface area contributed by atoms with E-state index < -0.39 is 6.10 Å². The number of unbranched alkanes of at least 4 members (excludes halogenated alkanes) is 29. The summed E-state index contributed by atoms with van der Waals surface area (Å²) in [4.78, 5) is 38.0. The number of esters is 3. The molecule has 0 spiro atoms. The molecule has 0 bridgehead atoms. The third kappa shape index (κ3) is 51.9. The molecule has 0 aromatic rings. The molecule has 0 saturated heterocycles. The summed E-state index contributed by atoms with van der Waals surface area (Å²) in [6.07, 6.45) is 66.5. The molecule has 0 heterocycles. The Morgan fingerprint density at radius 2 is 0.600 bits per heavy atom. The SMILES string of the molecule is CC/C=C\C/C=C\C/C=C\C/C=C\C/C=C\CCCCCC(=O)OCC(COC(=O)CCCCCCCCCCC)OC(=O)CCCCCCCCCCCCCCCCCCCCC. The monoisotopic (exact) mass is 909 g/mol. The summed E-state index contributed by atoms with van der Waals surface area (Å²) >= 11 is 0. The number of rotatable bonds is 50.